The molecule has 0 spiro atoms. The molecule has 0 aromatic carbocycles. The van der Waals surface area contributed by atoms with Crippen LogP contribution in [-0.4, -0.2) is 35.0 Å². The van der Waals surface area contributed by atoms with Gasteiger partial charge in [-0.3, -0.25) is 4.68 Å². The summed E-state index contributed by atoms with van der Waals surface area (Å²) >= 11 is 0. The Hall–Kier alpha value is -1.92. The Bertz CT molecular complexity index is 542. The lowest BCUT2D eigenvalue weighted by atomic mass is 10.2. The van der Waals surface area contributed by atoms with E-state index < -0.39 is 0 Å². The second-order valence-corrected chi connectivity index (χ2v) is 4.68. The Morgan fingerprint density at radius 2 is 2.29 bits per heavy atom. The predicted octanol–water partition coefficient (Wildman–Crippen LogP) is 2.22. The van der Waals surface area contributed by atoms with E-state index >= 15 is 0 Å². The van der Waals surface area contributed by atoms with Crippen LogP contribution in [0.4, 0.5) is 0 Å². The molecule has 6 nitrogen and oxygen atoms in total. The van der Waals surface area contributed by atoms with Crippen LogP contribution in [0.5, 0.6) is 11.6 Å². The molecule has 0 radical (unpaired) electrons. The number of rotatable bonds is 9. The smallest absolute Gasteiger partial charge is 0.223 e. The highest BCUT2D eigenvalue weighted by Gasteiger charge is 2.07. The zero-order valence-corrected chi connectivity index (χ0v) is 12.6. The monoisotopic (exact) mass is 290 g/mol. The van der Waals surface area contributed by atoms with Crippen LogP contribution in [0.15, 0.2) is 30.7 Å². The SMILES string of the molecule is CCCn1cc(Oc2ncccc2CNCCOC)cn1. The van der Waals surface area contributed by atoms with Crippen LogP contribution in [0.3, 0.4) is 0 Å². The van der Waals surface area contributed by atoms with Crippen molar-refractivity contribution in [1.82, 2.24) is 20.1 Å². The standard InChI is InChI=1S/C15H22N4O2/c1-3-8-19-12-14(11-18-19)21-15-13(5-4-6-17-15)10-16-7-9-20-2/h4-6,11-12,16H,3,7-10H2,1-2H3. The third-order valence-corrected chi connectivity index (χ3v) is 2.93. The Kier molecular flexibility index (Phi) is 6.18. The highest BCUT2D eigenvalue weighted by Crippen LogP contribution is 2.22. The number of hydrogen-bond donors (Lipinski definition) is 1. The number of methoxy groups -OCH3 is 1. The minimum absolute atomic E-state index is 0.610. The molecular formula is C15H22N4O2. The summed E-state index contributed by atoms with van der Waals surface area (Å²) < 4.78 is 12.7. The van der Waals surface area contributed by atoms with Gasteiger partial charge in [0.1, 0.15) is 0 Å². The largest absolute Gasteiger partial charge is 0.435 e. The predicted molar refractivity (Wildman–Crippen MR) is 80.4 cm³/mol. The summed E-state index contributed by atoms with van der Waals surface area (Å²) in [4.78, 5) is 4.30. The molecule has 0 aliphatic heterocycles. The van der Waals surface area contributed by atoms with Gasteiger partial charge in [0.15, 0.2) is 5.75 Å². The van der Waals surface area contributed by atoms with E-state index in [2.05, 4.69) is 22.3 Å². The Balaban J connectivity index is 1.98. The first kappa shape index (κ1) is 15.5. The molecule has 2 heterocycles. The molecule has 0 aliphatic carbocycles. The van der Waals surface area contributed by atoms with Crippen LogP contribution in [-0.2, 0) is 17.8 Å². The van der Waals surface area contributed by atoms with Crippen molar-refractivity contribution in [1.29, 1.82) is 0 Å². The summed E-state index contributed by atoms with van der Waals surface area (Å²) in [6.45, 7) is 5.16. The molecule has 21 heavy (non-hydrogen) atoms. The van der Waals surface area contributed by atoms with E-state index in [1.165, 1.54) is 0 Å². The molecule has 0 saturated carbocycles. The third kappa shape index (κ3) is 4.84. The maximum atomic E-state index is 5.83. The fourth-order valence-electron chi connectivity index (χ4n) is 1.91. The van der Waals surface area contributed by atoms with E-state index in [4.69, 9.17) is 9.47 Å². The number of ether oxygens (including phenoxy) is 2. The van der Waals surface area contributed by atoms with Crippen molar-refractivity contribution >= 4 is 0 Å². The average Bonchev–Trinajstić information content (AvgIpc) is 2.93. The molecule has 0 fully saturated rings. The summed E-state index contributed by atoms with van der Waals surface area (Å²) in [7, 11) is 1.69. The summed E-state index contributed by atoms with van der Waals surface area (Å²) in [5, 5.41) is 7.54. The molecule has 0 saturated heterocycles. The molecule has 0 bridgehead atoms. The summed E-state index contributed by atoms with van der Waals surface area (Å²) in [6.07, 6.45) is 6.37. The molecule has 2 aromatic rings. The van der Waals surface area contributed by atoms with Crippen molar-refractivity contribution in [2.45, 2.75) is 26.4 Å². The van der Waals surface area contributed by atoms with Gasteiger partial charge in [-0.15, -0.1) is 0 Å². The maximum absolute atomic E-state index is 5.83. The normalized spacial score (nSPS) is 10.8. The van der Waals surface area contributed by atoms with Gasteiger partial charge in [-0.25, -0.2) is 4.98 Å². The zero-order valence-electron chi connectivity index (χ0n) is 12.6. The maximum Gasteiger partial charge on any atom is 0.223 e. The number of hydrogen-bond acceptors (Lipinski definition) is 5. The molecule has 0 aliphatic rings. The van der Waals surface area contributed by atoms with Gasteiger partial charge in [0.05, 0.1) is 19.0 Å². The lowest BCUT2D eigenvalue weighted by Crippen LogP contribution is -2.19. The average molecular weight is 290 g/mol. The molecule has 114 valence electrons. The van der Waals surface area contributed by atoms with E-state index in [0.717, 1.165) is 25.1 Å². The van der Waals surface area contributed by atoms with Gasteiger partial charge in [-0.05, 0) is 12.5 Å². The van der Waals surface area contributed by atoms with E-state index in [-0.39, 0.29) is 0 Å². The molecule has 0 atom stereocenters. The van der Waals surface area contributed by atoms with E-state index in [1.807, 2.05) is 23.0 Å². The highest BCUT2D eigenvalue weighted by atomic mass is 16.5. The first-order valence-corrected chi connectivity index (χ1v) is 7.17. The molecule has 0 unspecified atom stereocenters. The second kappa shape index (κ2) is 8.39. The molecule has 1 N–H and O–H groups in total. The quantitative estimate of drug-likeness (QED) is 0.718. The number of nitrogens with zero attached hydrogens (tertiary/aromatic N) is 3. The number of aryl methyl sites for hydroxylation is 1. The number of aromatic nitrogens is 3. The van der Waals surface area contributed by atoms with Crippen LogP contribution in [0.2, 0.25) is 0 Å². The minimum atomic E-state index is 0.610. The molecular weight excluding hydrogens is 268 g/mol. The summed E-state index contributed by atoms with van der Waals surface area (Å²) in [5.41, 5.74) is 1.01. The molecule has 2 rings (SSSR count). The highest BCUT2D eigenvalue weighted by molar-refractivity contribution is 5.30. The van der Waals surface area contributed by atoms with Crippen LogP contribution < -0.4 is 10.1 Å². The first-order valence-electron chi connectivity index (χ1n) is 7.17. The minimum Gasteiger partial charge on any atom is -0.435 e. The van der Waals surface area contributed by atoms with E-state index in [9.17, 15) is 0 Å². The Labute approximate surface area is 125 Å². The molecule has 2 aromatic heterocycles. The Morgan fingerprint density at radius 1 is 1.38 bits per heavy atom. The van der Waals surface area contributed by atoms with Gasteiger partial charge in [-0.1, -0.05) is 13.0 Å². The van der Waals surface area contributed by atoms with E-state index in [0.29, 0.717) is 24.8 Å². The van der Waals surface area contributed by atoms with Crippen LogP contribution in [0, 0.1) is 0 Å². The topological polar surface area (TPSA) is 61.2 Å². The fourth-order valence-corrected chi connectivity index (χ4v) is 1.91. The Morgan fingerprint density at radius 3 is 3.10 bits per heavy atom. The lowest BCUT2D eigenvalue weighted by Gasteiger charge is -2.09. The van der Waals surface area contributed by atoms with E-state index in [1.54, 1.807) is 19.5 Å². The van der Waals surface area contributed by atoms with Crippen molar-refractivity contribution in [3.63, 3.8) is 0 Å². The van der Waals surface area contributed by atoms with Gasteiger partial charge in [0, 0.05) is 38.5 Å². The van der Waals surface area contributed by atoms with Gasteiger partial charge < -0.3 is 14.8 Å². The second-order valence-electron chi connectivity index (χ2n) is 4.68. The number of nitrogens with one attached hydrogen (secondary N) is 1. The van der Waals surface area contributed by atoms with Crippen LogP contribution in [0.25, 0.3) is 0 Å². The van der Waals surface area contributed by atoms with Gasteiger partial charge in [0.25, 0.3) is 0 Å². The number of pyridine rings is 1. The van der Waals surface area contributed by atoms with Crippen molar-refractivity contribution < 1.29 is 9.47 Å². The van der Waals surface area contributed by atoms with Gasteiger partial charge >= 0.3 is 0 Å². The van der Waals surface area contributed by atoms with Gasteiger partial charge in [-0.2, -0.15) is 5.10 Å². The molecule has 0 amide bonds. The zero-order chi connectivity index (χ0) is 14.9. The van der Waals surface area contributed by atoms with Gasteiger partial charge in [0.2, 0.25) is 5.88 Å². The lowest BCUT2D eigenvalue weighted by molar-refractivity contribution is 0.199. The van der Waals surface area contributed by atoms with Crippen LogP contribution in [0.1, 0.15) is 18.9 Å². The third-order valence-electron chi connectivity index (χ3n) is 2.93. The van der Waals surface area contributed by atoms with Crippen molar-refractivity contribution in [2.24, 2.45) is 0 Å². The summed E-state index contributed by atoms with van der Waals surface area (Å²) in [5.74, 6) is 1.32. The van der Waals surface area contributed by atoms with Crippen molar-refractivity contribution in [3.8, 4) is 11.6 Å². The van der Waals surface area contributed by atoms with Crippen molar-refractivity contribution in [3.05, 3.63) is 36.3 Å². The summed E-state index contributed by atoms with van der Waals surface area (Å²) in [6, 6.07) is 3.90. The molecule has 6 heteroatoms. The first-order chi connectivity index (χ1) is 10.3. The van der Waals surface area contributed by atoms with Crippen LogP contribution >= 0.6 is 0 Å². The fraction of sp³-hybridized carbons (Fsp3) is 0.467. The van der Waals surface area contributed by atoms with Crippen molar-refractivity contribution in [2.75, 3.05) is 20.3 Å².